The lowest BCUT2D eigenvalue weighted by Crippen LogP contribution is -2.61. The van der Waals surface area contributed by atoms with Gasteiger partial charge in [-0.2, -0.15) is 0 Å². The minimum absolute atomic E-state index is 0.00874. The summed E-state index contributed by atoms with van der Waals surface area (Å²) in [5.74, 6) is -3.84. The largest absolute Gasteiger partial charge is 0.462 e. The lowest BCUT2D eigenvalue weighted by atomic mass is 9.75. The van der Waals surface area contributed by atoms with Gasteiger partial charge >= 0.3 is 35.8 Å². The van der Waals surface area contributed by atoms with Crippen LogP contribution >= 0.6 is 0 Å². The molecule has 0 aliphatic carbocycles. The Hall–Kier alpha value is -3.42. The molecule has 0 amide bonds. The molecule has 0 radical (unpaired) electrons. The molecule has 518 valence electrons. The zero-order chi connectivity index (χ0) is 68.0. The van der Waals surface area contributed by atoms with Crippen molar-refractivity contribution in [3.05, 3.63) is 0 Å². The topological polar surface area (TPSA) is 230 Å². The highest BCUT2D eigenvalue weighted by atomic mass is 16.6. The standard InChI is InChI=1S/C72H128N6O12/c1-59(2)35-47(36-60(3,4)73-59)85-53(79)29-33-71(55(81)87-49-39-63(9,10)75-64(11,12)40-49,56(82)88-50-41-65(13,14)76-66(15,16)42-50)31-27-25-26-28-32-72(57(83)89-51-43-67(17,18)77-68(19,20)44-51,58(84)90-52-45-69(21,22)78-70(23,24)46-52)34-30-54(80)86-48-37-61(5,6)74-62(7,8)38-48/h47-52,73-78H,25-46H2,1-24H3. The lowest BCUT2D eigenvalue weighted by Gasteiger charge is -2.47. The molecule has 0 bridgehead atoms. The highest BCUT2D eigenvalue weighted by Crippen LogP contribution is 2.44. The van der Waals surface area contributed by atoms with Gasteiger partial charge in [0.05, 0.1) is 0 Å². The van der Waals surface area contributed by atoms with Crippen molar-refractivity contribution in [2.24, 2.45) is 10.8 Å². The normalized spacial score (nSPS) is 26.3. The van der Waals surface area contributed by atoms with Crippen LogP contribution in [0.4, 0.5) is 0 Å². The van der Waals surface area contributed by atoms with Gasteiger partial charge in [-0.3, -0.25) is 28.8 Å². The van der Waals surface area contributed by atoms with Crippen molar-refractivity contribution in [3.63, 3.8) is 0 Å². The Labute approximate surface area is 544 Å². The van der Waals surface area contributed by atoms with Crippen molar-refractivity contribution < 1.29 is 57.2 Å². The number of unbranched alkanes of at least 4 members (excludes halogenated alkanes) is 3. The van der Waals surface area contributed by atoms with Gasteiger partial charge in [-0.05, 0) is 192 Å². The summed E-state index contributed by atoms with van der Waals surface area (Å²) in [6, 6.07) is 0. The fourth-order valence-corrected chi connectivity index (χ4v) is 18.5. The summed E-state index contributed by atoms with van der Waals surface area (Å²) in [5.41, 5.74) is -8.09. The molecule has 0 saturated carbocycles. The number of carbonyl (C=O) groups excluding carboxylic acids is 6. The summed E-state index contributed by atoms with van der Waals surface area (Å²) in [4.78, 5) is 91.0. The number of rotatable bonds is 23. The quantitative estimate of drug-likeness (QED) is 0.0242. The Balaban J connectivity index is 1.34. The van der Waals surface area contributed by atoms with E-state index in [0.717, 1.165) is 0 Å². The molecular formula is C72H128N6O12. The van der Waals surface area contributed by atoms with E-state index < -0.39 is 71.1 Å². The Kier molecular flexibility index (Phi) is 22.7. The first-order chi connectivity index (χ1) is 40.6. The number of piperidine rings is 6. The summed E-state index contributed by atoms with van der Waals surface area (Å²) in [7, 11) is 0. The monoisotopic (exact) mass is 1270 g/mol. The van der Waals surface area contributed by atoms with Crippen molar-refractivity contribution in [2.75, 3.05) is 0 Å². The number of ether oxygens (including phenoxy) is 6. The number of nitrogens with one attached hydrogen (secondary N) is 6. The number of hydrogen-bond acceptors (Lipinski definition) is 18. The van der Waals surface area contributed by atoms with Gasteiger partial charge in [0.2, 0.25) is 0 Å². The van der Waals surface area contributed by atoms with Gasteiger partial charge in [0.15, 0.2) is 10.8 Å². The van der Waals surface area contributed by atoms with Crippen molar-refractivity contribution in [3.8, 4) is 0 Å². The zero-order valence-electron chi connectivity index (χ0n) is 60.9. The zero-order valence-corrected chi connectivity index (χ0v) is 60.9. The third kappa shape index (κ3) is 22.1. The van der Waals surface area contributed by atoms with Crippen molar-refractivity contribution in [1.82, 2.24) is 31.9 Å². The van der Waals surface area contributed by atoms with Gasteiger partial charge in [0.25, 0.3) is 0 Å². The second-order valence-electron chi connectivity index (χ2n) is 37.2. The molecule has 6 rings (SSSR count). The number of esters is 6. The average molecular weight is 1270 g/mol. The molecule has 0 aromatic carbocycles. The molecule has 6 aliphatic rings. The fraction of sp³-hybridized carbons (Fsp3) is 0.917. The summed E-state index contributed by atoms with van der Waals surface area (Å²) in [5, 5.41) is 22.0. The van der Waals surface area contributed by atoms with E-state index in [1.807, 2.05) is 0 Å². The van der Waals surface area contributed by atoms with Gasteiger partial charge < -0.3 is 60.3 Å². The third-order valence-electron chi connectivity index (χ3n) is 19.6. The first-order valence-electron chi connectivity index (χ1n) is 34.6. The van der Waals surface area contributed by atoms with Gasteiger partial charge in [-0.1, -0.05) is 25.7 Å². The predicted octanol–water partition coefficient (Wildman–Crippen LogP) is 12.0. The molecule has 0 atom stereocenters. The van der Waals surface area contributed by atoms with Crippen LogP contribution in [-0.2, 0) is 57.2 Å². The summed E-state index contributed by atoms with van der Waals surface area (Å²) >= 11 is 0. The summed E-state index contributed by atoms with van der Waals surface area (Å²) in [6.07, 6.45) is 4.32. The van der Waals surface area contributed by atoms with Crippen molar-refractivity contribution in [1.29, 1.82) is 0 Å². The van der Waals surface area contributed by atoms with Crippen molar-refractivity contribution in [2.45, 2.75) is 411 Å². The molecule has 6 aliphatic heterocycles. The van der Waals surface area contributed by atoms with Crippen LogP contribution < -0.4 is 31.9 Å². The summed E-state index contributed by atoms with van der Waals surface area (Å²) in [6.45, 7) is 50.0. The Morgan fingerprint density at radius 2 is 0.411 bits per heavy atom. The molecule has 6 fully saturated rings. The van der Waals surface area contributed by atoms with Gasteiger partial charge in [0.1, 0.15) is 36.6 Å². The van der Waals surface area contributed by atoms with E-state index in [4.69, 9.17) is 28.4 Å². The van der Waals surface area contributed by atoms with Gasteiger partial charge in [-0.15, -0.1) is 0 Å². The molecule has 0 unspecified atom stereocenters. The second-order valence-corrected chi connectivity index (χ2v) is 37.2. The highest BCUT2D eigenvalue weighted by Gasteiger charge is 2.55. The maximum atomic E-state index is 15.6. The molecule has 6 heterocycles. The molecule has 6 saturated heterocycles. The van der Waals surface area contributed by atoms with E-state index in [-0.39, 0.29) is 117 Å². The lowest BCUT2D eigenvalue weighted by molar-refractivity contribution is -0.187. The van der Waals surface area contributed by atoms with E-state index in [1.54, 1.807) is 0 Å². The second kappa shape index (κ2) is 27.0. The SMILES string of the molecule is CC1(C)CC(OC(=O)CCC(CCCCCCC(CCC(=O)OC2CC(C)(C)NC(C)(C)C2)(C(=O)OC2CC(C)(C)NC(C)(C)C2)C(=O)OC2CC(C)(C)NC(C)(C)C2)(C(=O)OC2CC(C)(C)NC(C)(C)C2)C(=O)OC2CC(C)(C)NC(C)(C)C2)CC(C)(C)N1. The van der Waals surface area contributed by atoms with E-state index in [0.29, 0.717) is 103 Å². The number of carbonyl (C=O) groups is 6. The van der Waals surface area contributed by atoms with Crippen LogP contribution in [-0.4, -0.2) is 139 Å². The molecular weight excluding hydrogens is 1140 g/mol. The first kappa shape index (κ1) is 75.6. The van der Waals surface area contributed by atoms with Crippen LogP contribution in [0.1, 0.15) is 307 Å². The van der Waals surface area contributed by atoms with Crippen LogP contribution in [0, 0.1) is 10.8 Å². The number of hydrogen-bond donors (Lipinski definition) is 6. The molecule has 6 N–H and O–H groups in total. The molecule has 0 aromatic rings. The molecule has 18 nitrogen and oxygen atoms in total. The van der Waals surface area contributed by atoms with E-state index in [1.165, 1.54) is 0 Å². The fourth-order valence-electron chi connectivity index (χ4n) is 18.5. The minimum atomic E-state index is -1.90. The first-order valence-corrected chi connectivity index (χ1v) is 34.6. The van der Waals surface area contributed by atoms with Crippen LogP contribution in [0.3, 0.4) is 0 Å². The van der Waals surface area contributed by atoms with Gasteiger partial charge in [0, 0.05) is 156 Å². The molecule has 0 aromatic heterocycles. The average Bonchev–Trinajstić information content (AvgIpc) is 0.794. The van der Waals surface area contributed by atoms with Crippen LogP contribution in [0.5, 0.6) is 0 Å². The third-order valence-corrected chi connectivity index (χ3v) is 19.6. The highest BCUT2D eigenvalue weighted by molar-refractivity contribution is 6.01. The van der Waals surface area contributed by atoms with E-state index in [2.05, 4.69) is 198 Å². The van der Waals surface area contributed by atoms with Crippen LogP contribution in [0.2, 0.25) is 0 Å². The maximum Gasteiger partial charge on any atom is 0.323 e. The van der Waals surface area contributed by atoms with E-state index >= 15 is 19.2 Å². The van der Waals surface area contributed by atoms with Crippen molar-refractivity contribution >= 4 is 35.8 Å². The van der Waals surface area contributed by atoms with Crippen LogP contribution in [0.25, 0.3) is 0 Å². The Bertz CT molecular complexity index is 2190. The molecule has 18 heteroatoms. The summed E-state index contributed by atoms with van der Waals surface area (Å²) < 4.78 is 39.0. The maximum absolute atomic E-state index is 15.6. The minimum Gasteiger partial charge on any atom is -0.462 e. The predicted molar refractivity (Wildman–Crippen MR) is 353 cm³/mol. The van der Waals surface area contributed by atoms with E-state index in [9.17, 15) is 9.59 Å². The Morgan fingerprint density at radius 1 is 0.256 bits per heavy atom. The smallest absolute Gasteiger partial charge is 0.323 e. The molecule has 90 heavy (non-hydrogen) atoms. The Morgan fingerprint density at radius 3 is 0.578 bits per heavy atom. The van der Waals surface area contributed by atoms with Gasteiger partial charge in [-0.25, -0.2) is 0 Å². The van der Waals surface area contributed by atoms with Crippen LogP contribution in [0.15, 0.2) is 0 Å². The molecule has 0 spiro atoms.